The molecule has 0 fully saturated rings. The summed E-state index contributed by atoms with van der Waals surface area (Å²) < 4.78 is 4.66. The van der Waals surface area contributed by atoms with Crippen molar-refractivity contribution >= 4 is 11.6 Å². The minimum Gasteiger partial charge on any atom is -0.507 e. The number of nitrogens with one attached hydrogen (secondary N) is 1. The first-order chi connectivity index (χ1) is 6.66. The number of aromatic hydroxyl groups is 1. The van der Waals surface area contributed by atoms with Crippen LogP contribution < -0.4 is 5.76 Å². The molecular formula is C8H5ClN2O3. The molecule has 1 heterocycles. The molecule has 0 amide bonds. The van der Waals surface area contributed by atoms with Crippen LogP contribution >= 0.6 is 11.6 Å². The molecular weight excluding hydrogens is 208 g/mol. The van der Waals surface area contributed by atoms with Crippen LogP contribution in [0.15, 0.2) is 27.4 Å². The Bertz CT molecular complexity index is 517. The minimum atomic E-state index is -0.681. The number of hydrogen-bond acceptors (Lipinski definition) is 4. The number of H-pyrrole nitrogens is 1. The highest BCUT2D eigenvalue weighted by Crippen LogP contribution is 2.29. The SMILES string of the molecule is O=c1[nH]nc(-c2cc(Cl)ccc2O)o1. The second kappa shape index (κ2) is 3.19. The molecule has 72 valence electrons. The molecule has 5 nitrogen and oxygen atoms in total. The van der Waals surface area contributed by atoms with E-state index >= 15 is 0 Å². The molecule has 0 radical (unpaired) electrons. The van der Waals surface area contributed by atoms with E-state index in [1.165, 1.54) is 18.2 Å². The lowest BCUT2D eigenvalue weighted by Crippen LogP contribution is -1.93. The number of aromatic amines is 1. The van der Waals surface area contributed by atoms with Gasteiger partial charge in [-0.3, -0.25) is 0 Å². The molecule has 14 heavy (non-hydrogen) atoms. The van der Waals surface area contributed by atoms with Crippen molar-refractivity contribution in [1.82, 2.24) is 10.2 Å². The molecule has 6 heteroatoms. The van der Waals surface area contributed by atoms with Crippen LogP contribution in [-0.4, -0.2) is 15.3 Å². The summed E-state index contributed by atoms with van der Waals surface area (Å²) in [5, 5.41) is 15.5. The number of rotatable bonds is 1. The number of nitrogens with zero attached hydrogens (tertiary/aromatic N) is 1. The maximum atomic E-state index is 10.7. The summed E-state index contributed by atoms with van der Waals surface area (Å²) in [6.07, 6.45) is 0. The van der Waals surface area contributed by atoms with E-state index in [0.29, 0.717) is 5.02 Å². The molecule has 0 saturated carbocycles. The van der Waals surface area contributed by atoms with Gasteiger partial charge in [-0.05, 0) is 18.2 Å². The Morgan fingerprint density at radius 2 is 2.29 bits per heavy atom. The Morgan fingerprint density at radius 3 is 2.93 bits per heavy atom. The first-order valence-corrected chi connectivity index (χ1v) is 4.09. The van der Waals surface area contributed by atoms with Crippen LogP contribution in [0.5, 0.6) is 5.75 Å². The summed E-state index contributed by atoms with van der Waals surface area (Å²) in [4.78, 5) is 10.7. The largest absolute Gasteiger partial charge is 0.507 e. The summed E-state index contributed by atoms with van der Waals surface area (Å²) in [7, 11) is 0. The van der Waals surface area contributed by atoms with Crippen molar-refractivity contribution in [3.8, 4) is 17.2 Å². The fourth-order valence-corrected chi connectivity index (χ4v) is 1.20. The van der Waals surface area contributed by atoms with Crippen molar-refractivity contribution in [2.24, 2.45) is 0 Å². The minimum absolute atomic E-state index is 0.00926. The average molecular weight is 213 g/mol. The Labute approximate surface area is 82.9 Å². The van der Waals surface area contributed by atoms with Crippen LogP contribution in [-0.2, 0) is 0 Å². The third-order valence-corrected chi connectivity index (χ3v) is 1.86. The van der Waals surface area contributed by atoms with E-state index in [4.69, 9.17) is 11.6 Å². The predicted octanol–water partition coefficient (Wildman–Crippen LogP) is 1.39. The molecule has 1 aromatic carbocycles. The average Bonchev–Trinajstić information content (AvgIpc) is 2.56. The monoisotopic (exact) mass is 212 g/mol. The Hall–Kier alpha value is -1.75. The fourth-order valence-electron chi connectivity index (χ4n) is 1.02. The molecule has 0 bridgehead atoms. The van der Waals surface area contributed by atoms with Crippen molar-refractivity contribution < 1.29 is 9.52 Å². The molecule has 0 aliphatic rings. The maximum absolute atomic E-state index is 10.7. The number of benzene rings is 1. The summed E-state index contributed by atoms with van der Waals surface area (Å²) in [5.41, 5.74) is 0.274. The third kappa shape index (κ3) is 1.49. The van der Waals surface area contributed by atoms with E-state index < -0.39 is 5.76 Å². The van der Waals surface area contributed by atoms with Crippen molar-refractivity contribution in [3.05, 3.63) is 33.8 Å². The van der Waals surface area contributed by atoms with E-state index in [1.807, 2.05) is 0 Å². The number of phenols is 1. The fraction of sp³-hybridized carbons (Fsp3) is 0. The molecule has 2 N–H and O–H groups in total. The standard InChI is InChI=1S/C8H5ClN2O3/c9-4-1-2-6(12)5(3-4)7-10-11-8(13)14-7/h1-3,12H,(H,11,13). The van der Waals surface area contributed by atoms with Gasteiger partial charge in [0, 0.05) is 5.02 Å². The van der Waals surface area contributed by atoms with Crippen molar-refractivity contribution in [3.63, 3.8) is 0 Å². The molecule has 1 aromatic heterocycles. The van der Waals surface area contributed by atoms with Crippen LogP contribution in [0.2, 0.25) is 5.02 Å². The van der Waals surface area contributed by atoms with Crippen LogP contribution in [0.1, 0.15) is 0 Å². The Morgan fingerprint density at radius 1 is 1.50 bits per heavy atom. The first kappa shape index (κ1) is 8.83. The van der Waals surface area contributed by atoms with Gasteiger partial charge in [-0.25, -0.2) is 9.89 Å². The number of halogens is 1. The normalized spacial score (nSPS) is 10.4. The lowest BCUT2D eigenvalue weighted by molar-refractivity contribution is 0.470. The van der Waals surface area contributed by atoms with Crippen LogP contribution in [0.4, 0.5) is 0 Å². The summed E-state index contributed by atoms with van der Waals surface area (Å²) in [5.74, 6) is -0.723. The zero-order valence-electron chi connectivity index (χ0n) is 6.82. The summed E-state index contributed by atoms with van der Waals surface area (Å²) in [6.45, 7) is 0. The van der Waals surface area contributed by atoms with Gasteiger partial charge in [-0.2, -0.15) is 0 Å². The van der Waals surface area contributed by atoms with Crippen LogP contribution in [0.3, 0.4) is 0 Å². The summed E-state index contributed by atoms with van der Waals surface area (Å²) >= 11 is 5.70. The molecule has 0 atom stereocenters. The van der Waals surface area contributed by atoms with E-state index in [-0.39, 0.29) is 17.2 Å². The van der Waals surface area contributed by atoms with E-state index in [0.717, 1.165) is 0 Å². The van der Waals surface area contributed by atoms with Gasteiger partial charge in [0.05, 0.1) is 5.56 Å². The van der Waals surface area contributed by atoms with Crippen LogP contribution in [0.25, 0.3) is 11.5 Å². The van der Waals surface area contributed by atoms with Gasteiger partial charge >= 0.3 is 5.76 Å². The molecule has 2 rings (SSSR count). The van der Waals surface area contributed by atoms with Gasteiger partial charge in [0.25, 0.3) is 5.89 Å². The van der Waals surface area contributed by atoms with Crippen molar-refractivity contribution in [2.45, 2.75) is 0 Å². The van der Waals surface area contributed by atoms with E-state index in [9.17, 15) is 9.90 Å². The molecule has 0 saturated heterocycles. The maximum Gasteiger partial charge on any atom is 0.434 e. The quantitative estimate of drug-likeness (QED) is 0.749. The Balaban J connectivity index is 2.61. The lowest BCUT2D eigenvalue weighted by Gasteiger charge is -1.98. The topological polar surface area (TPSA) is 79.1 Å². The number of hydrogen-bond donors (Lipinski definition) is 2. The molecule has 0 spiro atoms. The van der Waals surface area contributed by atoms with Crippen molar-refractivity contribution in [1.29, 1.82) is 0 Å². The number of aromatic nitrogens is 2. The van der Waals surface area contributed by atoms with E-state index in [1.54, 1.807) is 0 Å². The smallest absolute Gasteiger partial charge is 0.434 e. The lowest BCUT2D eigenvalue weighted by atomic mass is 10.2. The summed E-state index contributed by atoms with van der Waals surface area (Å²) in [6, 6.07) is 4.37. The number of phenolic OH excluding ortho intramolecular Hbond substituents is 1. The molecule has 2 aromatic rings. The first-order valence-electron chi connectivity index (χ1n) is 3.71. The highest BCUT2D eigenvalue weighted by molar-refractivity contribution is 6.30. The third-order valence-electron chi connectivity index (χ3n) is 1.63. The van der Waals surface area contributed by atoms with Crippen LogP contribution in [0, 0.1) is 0 Å². The van der Waals surface area contributed by atoms with Gasteiger partial charge in [0.2, 0.25) is 0 Å². The molecule has 0 aliphatic carbocycles. The van der Waals surface area contributed by atoms with E-state index in [2.05, 4.69) is 14.6 Å². The highest BCUT2D eigenvalue weighted by Gasteiger charge is 2.10. The highest BCUT2D eigenvalue weighted by atomic mass is 35.5. The Kier molecular flexibility index (Phi) is 2.01. The van der Waals surface area contributed by atoms with Gasteiger partial charge < -0.3 is 9.52 Å². The second-order valence-electron chi connectivity index (χ2n) is 2.58. The molecule has 0 unspecified atom stereocenters. The zero-order chi connectivity index (χ0) is 10.1. The van der Waals surface area contributed by atoms with Gasteiger partial charge in [0.15, 0.2) is 0 Å². The van der Waals surface area contributed by atoms with Gasteiger partial charge in [-0.15, -0.1) is 5.10 Å². The van der Waals surface area contributed by atoms with Gasteiger partial charge in [0.1, 0.15) is 5.75 Å². The van der Waals surface area contributed by atoms with Crippen molar-refractivity contribution in [2.75, 3.05) is 0 Å². The molecule has 0 aliphatic heterocycles. The van der Waals surface area contributed by atoms with Gasteiger partial charge in [-0.1, -0.05) is 11.6 Å². The zero-order valence-corrected chi connectivity index (χ0v) is 7.58. The predicted molar refractivity (Wildman–Crippen MR) is 49.2 cm³/mol. The second-order valence-corrected chi connectivity index (χ2v) is 3.02.